The van der Waals surface area contributed by atoms with Gasteiger partial charge in [0.25, 0.3) is 0 Å². The van der Waals surface area contributed by atoms with Crippen molar-refractivity contribution in [2.45, 2.75) is 19.0 Å². The number of fused-ring (bicyclic) bond motifs is 2. The molecule has 0 aromatic carbocycles. The summed E-state index contributed by atoms with van der Waals surface area (Å²) < 4.78 is 34.1. The van der Waals surface area contributed by atoms with E-state index in [0.717, 1.165) is 0 Å². The van der Waals surface area contributed by atoms with Crippen molar-refractivity contribution in [2.75, 3.05) is 13.2 Å². The van der Waals surface area contributed by atoms with Crippen LogP contribution in [0.3, 0.4) is 0 Å². The third-order valence-corrected chi connectivity index (χ3v) is 3.18. The summed E-state index contributed by atoms with van der Waals surface area (Å²) in [7, 11) is -4.74. The predicted molar refractivity (Wildman–Crippen MR) is 56.1 cm³/mol. The maximum absolute atomic E-state index is 11.8. The monoisotopic (exact) mass is 288 g/mol. The molecule has 0 spiro atoms. The van der Waals surface area contributed by atoms with E-state index in [4.69, 9.17) is 9.66 Å². The molecule has 2 atom stereocenters. The second-order valence-corrected chi connectivity index (χ2v) is 4.94. The smallest absolute Gasteiger partial charge is 1.00 e. The molecule has 2 aliphatic rings. The van der Waals surface area contributed by atoms with Crippen LogP contribution in [0.25, 0.3) is 0 Å². The van der Waals surface area contributed by atoms with Crippen molar-refractivity contribution in [3.05, 3.63) is 11.6 Å². The number of amides is 2. The molecule has 0 aromatic rings. The first-order chi connectivity index (χ1) is 7.83. The van der Waals surface area contributed by atoms with Gasteiger partial charge in [0.2, 0.25) is 0 Å². The maximum Gasteiger partial charge on any atom is 1.00 e. The second-order valence-electron chi connectivity index (χ2n) is 3.94. The van der Waals surface area contributed by atoms with Crippen LogP contribution in [0, 0.1) is 0 Å². The van der Waals surface area contributed by atoms with Gasteiger partial charge in [-0.15, -0.1) is 4.28 Å². The fraction of sp³-hybridized carbons (Fsp3) is 0.625. The van der Waals surface area contributed by atoms with E-state index in [1.54, 1.807) is 13.0 Å². The number of nitrogens with zero attached hydrogens (tertiary/aromatic N) is 2. The van der Waals surface area contributed by atoms with E-state index < -0.39 is 28.5 Å². The number of urea groups is 1. The molecule has 1 fully saturated rings. The Bertz CT molecular complexity index is 484. The quantitative estimate of drug-likeness (QED) is 0.314. The predicted octanol–water partition coefficient (Wildman–Crippen LogP) is -3.74. The summed E-state index contributed by atoms with van der Waals surface area (Å²) in [6, 6.07) is -1.75. The first-order valence-electron chi connectivity index (χ1n) is 4.89. The third kappa shape index (κ3) is 2.87. The molecule has 98 valence electrons. The first-order valence-corrected chi connectivity index (χ1v) is 6.26. The van der Waals surface area contributed by atoms with E-state index in [1.807, 2.05) is 0 Å². The van der Waals surface area contributed by atoms with Crippen LogP contribution in [0.1, 0.15) is 8.35 Å². The number of aliphatic hydroxyl groups excluding tert-OH is 1. The minimum Gasteiger partial charge on any atom is -1.00 e. The molecule has 2 bridgehead atoms. The van der Waals surface area contributed by atoms with Gasteiger partial charge in [-0.2, -0.15) is 13.5 Å². The van der Waals surface area contributed by atoms with E-state index in [1.165, 1.54) is 4.90 Å². The molecular weight excluding hydrogens is 275 g/mol. The van der Waals surface area contributed by atoms with E-state index in [-0.39, 0.29) is 44.1 Å². The fourth-order valence-electron chi connectivity index (χ4n) is 2.05. The Morgan fingerprint density at radius 1 is 1.61 bits per heavy atom. The molecule has 2 aliphatic heterocycles. The van der Waals surface area contributed by atoms with E-state index in [0.29, 0.717) is 10.6 Å². The van der Waals surface area contributed by atoms with Crippen LogP contribution in [0.15, 0.2) is 11.6 Å². The van der Waals surface area contributed by atoms with Crippen molar-refractivity contribution in [2.24, 2.45) is 0 Å². The zero-order valence-corrected chi connectivity index (χ0v) is 12.8. The zero-order valence-electron chi connectivity index (χ0n) is 11.0. The molecule has 1 unspecified atom stereocenters. The van der Waals surface area contributed by atoms with Crippen molar-refractivity contribution >= 4 is 16.4 Å². The van der Waals surface area contributed by atoms with Crippen molar-refractivity contribution in [3.63, 3.8) is 0 Å². The summed E-state index contributed by atoms with van der Waals surface area (Å²) in [6.45, 7) is 1.67. The maximum atomic E-state index is 11.8. The summed E-state index contributed by atoms with van der Waals surface area (Å²) in [5.74, 6) is 0. The Balaban J connectivity index is 0.00000162. The van der Waals surface area contributed by atoms with E-state index in [2.05, 4.69) is 4.28 Å². The number of rotatable bonds is 3. The normalized spacial score (nSPS) is 27.1. The summed E-state index contributed by atoms with van der Waals surface area (Å²) in [5.41, 5.74) is 0.704. The van der Waals surface area contributed by atoms with Crippen LogP contribution in [0.5, 0.6) is 0 Å². The van der Waals surface area contributed by atoms with Gasteiger partial charge in [0.1, 0.15) is 6.04 Å². The van der Waals surface area contributed by atoms with Gasteiger partial charge in [0, 0.05) is 0 Å². The van der Waals surface area contributed by atoms with Gasteiger partial charge < -0.3 is 11.4 Å². The number of carbonyl (C=O) groups excluding carboxylic acids is 1. The zero-order chi connectivity index (χ0) is 12.8. The van der Waals surface area contributed by atoms with Crippen molar-refractivity contribution in [1.82, 2.24) is 9.96 Å². The fourth-order valence-corrected chi connectivity index (χ4v) is 2.42. The Labute approximate surface area is 128 Å². The van der Waals surface area contributed by atoms with Crippen molar-refractivity contribution < 1.29 is 58.1 Å². The molecular formula is C8H13N2NaO6S. The number of hydroxylamine groups is 2. The molecule has 0 aromatic heterocycles. The SMILES string of the molecule is CC1=C[C@@H](CO)N2CC1N(OS(=O)(=O)O)C2=O.[H-].[Na+]. The first kappa shape index (κ1) is 15.9. The van der Waals surface area contributed by atoms with Crippen LogP contribution in [0.4, 0.5) is 4.79 Å². The van der Waals surface area contributed by atoms with Crippen molar-refractivity contribution in [3.8, 4) is 0 Å². The summed E-state index contributed by atoms with van der Waals surface area (Å²) in [6.07, 6.45) is 1.67. The number of hydrogen-bond donors (Lipinski definition) is 2. The third-order valence-electron chi connectivity index (χ3n) is 2.83. The molecule has 0 radical (unpaired) electrons. The minimum absolute atomic E-state index is 0. The Morgan fingerprint density at radius 2 is 2.22 bits per heavy atom. The average Bonchev–Trinajstić information content (AvgIpc) is 2.48. The van der Waals surface area contributed by atoms with Gasteiger partial charge in [0.05, 0.1) is 19.2 Å². The number of aliphatic hydroxyl groups is 1. The molecule has 8 nitrogen and oxygen atoms in total. The molecule has 2 amide bonds. The van der Waals surface area contributed by atoms with E-state index >= 15 is 0 Å². The largest absolute Gasteiger partial charge is 1.00 e. The molecule has 10 heteroatoms. The van der Waals surface area contributed by atoms with Gasteiger partial charge in [-0.3, -0.25) is 4.55 Å². The molecule has 1 saturated heterocycles. The van der Waals surface area contributed by atoms with Crippen LogP contribution >= 0.6 is 0 Å². The van der Waals surface area contributed by atoms with Gasteiger partial charge in [-0.25, -0.2) is 4.79 Å². The molecule has 18 heavy (non-hydrogen) atoms. The Morgan fingerprint density at radius 3 is 2.72 bits per heavy atom. The van der Waals surface area contributed by atoms with Crippen LogP contribution in [-0.4, -0.2) is 59.3 Å². The second kappa shape index (κ2) is 5.45. The molecule has 2 heterocycles. The van der Waals surface area contributed by atoms with Crippen LogP contribution in [-0.2, 0) is 14.7 Å². The molecule has 2 N–H and O–H groups in total. The molecule has 2 rings (SSSR count). The summed E-state index contributed by atoms with van der Waals surface area (Å²) in [4.78, 5) is 13.1. The van der Waals surface area contributed by atoms with Gasteiger partial charge in [-0.05, 0) is 12.5 Å². The summed E-state index contributed by atoms with van der Waals surface area (Å²) >= 11 is 0. The van der Waals surface area contributed by atoms with Gasteiger partial charge in [-0.1, -0.05) is 6.08 Å². The topological polar surface area (TPSA) is 107 Å². The van der Waals surface area contributed by atoms with Gasteiger partial charge >= 0.3 is 46.0 Å². The molecule has 0 saturated carbocycles. The number of hydrogen-bond acceptors (Lipinski definition) is 5. The standard InChI is InChI=1S/C8H12N2O6S.Na.H/c1-5-2-6(4-11)9-3-7(5)10(8(9)12)16-17(13,14)15;;/h2,6-7,11H,3-4H2,1H3,(H,13,14,15);;/q;+1;-1/t6-,7?;;/m0../s1. The molecule has 0 aliphatic carbocycles. The van der Waals surface area contributed by atoms with Crippen LogP contribution in [0.2, 0.25) is 0 Å². The van der Waals surface area contributed by atoms with E-state index in [9.17, 15) is 13.2 Å². The number of carbonyl (C=O) groups is 1. The summed E-state index contributed by atoms with van der Waals surface area (Å²) in [5, 5.41) is 9.71. The van der Waals surface area contributed by atoms with Gasteiger partial charge in [0.15, 0.2) is 0 Å². The Kier molecular flexibility index (Phi) is 4.81. The van der Waals surface area contributed by atoms with Crippen LogP contribution < -0.4 is 29.6 Å². The van der Waals surface area contributed by atoms with Crippen molar-refractivity contribution in [1.29, 1.82) is 0 Å². The Hall–Kier alpha value is -0.160. The minimum atomic E-state index is -4.74. The average molecular weight is 288 g/mol.